The number of hydrogen-bond acceptors (Lipinski definition) is 1. The van der Waals surface area contributed by atoms with Crippen molar-refractivity contribution in [1.82, 2.24) is 4.90 Å². The number of nitrogens with zero attached hydrogens (tertiary/aromatic N) is 1. The second-order valence-corrected chi connectivity index (χ2v) is 5.64. The van der Waals surface area contributed by atoms with Crippen LogP contribution in [0.1, 0.15) is 37.8 Å². The quantitative estimate of drug-likeness (QED) is 0.743. The predicted molar refractivity (Wildman–Crippen MR) is 79.6 cm³/mol. The van der Waals surface area contributed by atoms with Crippen molar-refractivity contribution in [2.75, 3.05) is 0 Å². The van der Waals surface area contributed by atoms with Gasteiger partial charge in [0.2, 0.25) is 5.91 Å². The summed E-state index contributed by atoms with van der Waals surface area (Å²) in [6, 6.07) is 5.52. The van der Waals surface area contributed by atoms with Crippen LogP contribution in [0.2, 0.25) is 10.0 Å². The Labute approximate surface area is 124 Å². The molecule has 1 aromatic carbocycles. The minimum atomic E-state index is -0.110. The second-order valence-electron chi connectivity index (χ2n) is 4.83. The highest BCUT2D eigenvalue weighted by Gasteiger charge is 2.35. The number of halogens is 2. The zero-order valence-electron chi connectivity index (χ0n) is 10.9. The van der Waals surface area contributed by atoms with E-state index in [9.17, 15) is 4.79 Å². The molecular formula is C15H17Cl2NO. The minimum Gasteiger partial charge on any atom is -0.333 e. The maximum Gasteiger partial charge on any atom is 0.223 e. The van der Waals surface area contributed by atoms with E-state index in [1.807, 2.05) is 36.1 Å². The lowest BCUT2D eigenvalue weighted by Crippen LogP contribution is -2.35. The Kier molecular flexibility index (Phi) is 4.54. The Morgan fingerprint density at radius 2 is 2.11 bits per heavy atom. The van der Waals surface area contributed by atoms with E-state index in [1.165, 1.54) is 0 Å². The van der Waals surface area contributed by atoms with Crippen molar-refractivity contribution in [3.05, 3.63) is 46.5 Å². The Morgan fingerprint density at radius 3 is 2.68 bits per heavy atom. The zero-order chi connectivity index (χ0) is 14.0. The summed E-state index contributed by atoms with van der Waals surface area (Å²) in [6.45, 7) is 5.74. The Hall–Kier alpha value is -0.990. The van der Waals surface area contributed by atoms with Crippen LogP contribution in [0.25, 0.3) is 0 Å². The van der Waals surface area contributed by atoms with Gasteiger partial charge in [-0.05, 0) is 31.9 Å². The number of amides is 1. The average Bonchev–Trinajstić information content (AvgIpc) is 2.70. The molecule has 102 valence electrons. The summed E-state index contributed by atoms with van der Waals surface area (Å²) in [5, 5.41) is 1.22. The Balaban J connectivity index is 2.34. The molecule has 1 amide bonds. The van der Waals surface area contributed by atoms with Crippen molar-refractivity contribution in [2.24, 2.45) is 0 Å². The first kappa shape index (κ1) is 14.4. The average molecular weight is 298 g/mol. The highest BCUT2D eigenvalue weighted by Crippen LogP contribution is 2.38. The molecule has 2 rings (SSSR count). The minimum absolute atomic E-state index is 0.110. The molecule has 4 heteroatoms. The van der Waals surface area contributed by atoms with E-state index in [0.717, 1.165) is 18.4 Å². The van der Waals surface area contributed by atoms with E-state index in [0.29, 0.717) is 16.5 Å². The summed E-state index contributed by atoms with van der Waals surface area (Å²) in [5.74, 6) is 0.162. The molecular weight excluding hydrogens is 281 g/mol. The van der Waals surface area contributed by atoms with Crippen LogP contribution in [0.4, 0.5) is 0 Å². The van der Waals surface area contributed by atoms with Crippen molar-refractivity contribution in [3.8, 4) is 0 Å². The highest BCUT2D eigenvalue weighted by atomic mass is 35.5. The highest BCUT2D eigenvalue weighted by molar-refractivity contribution is 6.36. The monoisotopic (exact) mass is 297 g/mol. The van der Waals surface area contributed by atoms with Gasteiger partial charge >= 0.3 is 0 Å². The molecule has 0 radical (unpaired) electrons. The molecule has 0 spiro atoms. The standard InChI is InChI=1S/C15H17Cl2NO/c1-3-5-11-8-9-14(19)18(11)10(2)15-12(16)6-4-7-13(15)17/h3-4,6-7,10-11H,1,5,8-9H2,2H3/t10-,11+/m0/s1. The van der Waals surface area contributed by atoms with E-state index < -0.39 is 0 Å². The molecule has 1 fully saturated rings. The molecule has 1 saturated heterocycles. The van der Waals surface area contributed by atoms with Gasteiger partial charge in [0.1, 0.15) is 0 Å². The van der Waals surface area contributed by atoms with Crippen molar-refractivity contribution >= 4 is 29.1 Å². The summed E-state index contributed by atoms with van der Waals surface area (Å²) >= 11 is 12.5. The van der Waals surface area contributed by atoms with Gasteiger partial charge in [0.15, 0.2) is 0 Å². The largest absolute Gasteiger partial charge is 0.333 e. The van der Waals surface area contributed by atoms with Crippen LogP contribution < -0.4 is 0 Å². The summed E-state index contributed by atoms with van der Waals surface area (Å²) in [4.78, 5) is 14.0. The number of likely N-dealkylation sites (tertiary alicyclic amines) is 1. The van der Waals surface area contributed by atoms with Crippen LogP contribution in [0.5, 0.6) is 0 Å². The molecule has 0 aromatic heterocycles. The normalized spacial score (nSPS) is 20.7. The van der Waals surface area contributed by atoms with Gasteiger partial charge in [0.05, 0.1) is 6.04 Å². The smallest absolute Gasteiger partial charge is 0.223 e. The van der Waals surface area contributed by atoms with E-state index in [1.54, 1.807) is 0 Å². The predicted octanol–water partition coefficient (Wildman–Crippen LogP) is 4.62. The topological polar surface area (TPSA) is 20.3 Å². The van der Waals surface area contributed by atoms with Gasteiger partial charge in [0, 0.05) is 28.1 Å². The van der Waals surface area contributed by atoms with Crippen molar-refractivity contribution < 1.29 is 4.79 Å². The molecule has 0 unspecified atom stereocenters. The molecule has 0 aliphatic carbocycles. The Bertz CT molecular complexity index is 481. The fourth-order valence-electron chi connectivity index (χ4n) is 2.77. The van der Waals surface area contributed by atoms with Crippen LogP contribution in [-0.2, 0) is 4.79 Å². The molecule has 0 N–H and O–H groups in total. The van der Waals surface area contributed by atoms with Crippen LogP contribution >= 0.6 is 23.2 Å². The summed E-state index contributed by atoms with van der Waals surface area (Å²) in [5.41, 5.74) is 0.829. The van der Waals surface area contributed by atoms with Gasteiger partial charge in [-0.3, -0.25) is 4.79 Å². The van der Waals surface area contributed by atoms with E-state index >= 15 is 0 Å². The Morgan fingerprint density at radius 1 is 1.47 bits per heavy atom. The molecule has 0 saturated carbocycles. The first-order chi connectivity index (χ1) is 9.06. The third-order valence-corrected chi connectivity index (χ3v) is 4.31. The maximum absolute atomic E-state index is 12.1. The number of carbonyl (C=O) groups excluding carboxylic acids is 1. The lowest BCUT2D eigenvalue weighted by Gasteiger charge is -2.31. The molecule has 1 aromatic rings. The number of rotatable bonds is 4. The first-order valence-corrected chi connectivity index (χ1v) is 7.17. The molecule has 2 atom stereocenters. The lowest BCUT2D eigenvalue weighted by atomic mass is 10.0. The maximum atomic E-state index is 12.1. The number of carbonyl (C=O) groups is 1. The van der Waals surface area contributed by atoms with Crippen molar-refractivity contribution in [2.45, 2.75) is 38.3 Å². The van der Waals surface area contributed by atoms with Crippen LogP contribution in [0.3, 0.4) is 0 Å². The van der Waals surface area contributed by atoms with Gasteiger partial charge in [-0.15, -0.1) is 6.58 Å². The summed E-state index contributed by atoms with van der Waals surface area (Å²) in [7, 11) is 0. The lowest BCUT2D eigenvalue weighted by molar-refractivity contribution is -0.131. The van der Waals surface area contributed by atoms with Crippen LogP contribution in [0, 0.1) is 0 Å². The zero-order valence-corrected chi connectivity index (χ0v) is 12.4. The van der Waals surface area contributed by atoms with Gasteiger partial charge < -0.3 is 4.90 Å². The number of benzene rings is 1. The fraction of sp³-hybridized carbons (Fsp3) is 0.400. The van der Waals surface area contributed by atoms with Gasteiger partial charge in [0.25, 0.3) is 0 Å². The molecule has 1 heterocycles. The molecule has 1 aliphatic heterocycles. The number of hydrogen-bond donors (Lipinski definition) is 0. The third-order valence-electron chi connectivity index (χ3n) is 3.65. The van der Waals surface area contributed by atoms with E-state index in [-0.39, 0.29) is 18.0 Å². The summed E-state index contributed by atoms with van der Waals surface area (Å²) in [6.07, 6.45) is 4.12. The van der Waals surface area contributed by atoms with Crippen LogP contribution in [0.15, 0.2) is 30.9 Å². The summed E-state index contributed by atoms with van der Waals surface area (Å²) < 4.78 is 0. The van der Waals surface area contributed by atoms with Crippen LogP contribution in [-0.4, -0.2) is 16.8 Å². The van der Waals surface area contributed by atoms with Gasteiger partial charge in [-0.25, -0.2) is 0 Å². The first-order valence-electron chi connectivity index (χ1n) is 6.42. The third kappa shape index (κ3) is 2.80. The van der Waals surface area contributed by atoms with Crippen molar-refractivity contribution in [3.63, 3.8) is 0 Å². The van der Waals surface area contributed by atoms with E-state index in [2.05, 4.69) is 6.58 Å². The molecule has 1 aliphatic rings. The second kappa shape index (κ2) is 5.98. The molecule has 19 heavy (non-hydrogen) atoms. The van der Waals surface area contributed by atoms with Gasteiger partial charge in [-0.1, -0.05) is 35.3 Å². The molecule has 0 bridgehead atoms. The molecule has 2 nitrogen and oxygen atoms in total. The SMILES string of the molecule is C=CC[C@@H]1CCC(=O)N1[C@@H](C)c1c(Cl)cccc1Cl. The van der Waals surface area contributed by atoms with Crippen molar-refractivity contribution in [1.29, 1.82) is 0 Å². The van der Waals surface area contributed by atoms with E-state index in [4.69, 9.17) is 23.2 Å². The van der Waals surface area contributed by atoms with Gasteiger partial charge in [-0.2, -0.15) is 0 Å². The fourth-order valence-corrected chi connectivity index (χ4v) is 3.48.